The lowest BCUT2D eigenvalue weighted by molar-refractivity contribution is 0.174. The topological polar surface area (TPSA) is 90.7 Å². The van der Waals surface area contributed by atoms with Gasteiger partial charge < -0.3 is 14.0 Å². The smallest absolute Gasteiger partial charge is 0.274 e. The van der Waals surface area contributed by atoms with Crippen LogP contribution in [0.5, 0.6) is 11.5 Å². The van der Waals surface area contributed by atoms with Gasteiger partial charge in [-0.1, -0.05) is 11.2 Å². The molecule has 7 nitrogen and oxygen atoms in total. The monoisotopic (exact) mass is 442 g/mol. The van der Waals surface area contributed by atoms with Gasteiger partial charge in [0.1, 0.15) is 8.68 Å². The van der Waals surface area contributed by atoms with Crippen molar-refractivity contribution < 1.29 is 22.4 Å². The maximum Gasteiger partial charge on any atom is 0.274 e. The standard InChI is InChI=1S/C15H11BrN2O5S2/c1-8-13(16)14(23-17-8)18-25(19,20)15-10(4-5-24-15)9-2-3-11-12(6-9)22-7-21-11/h2-6,18H,7H2,1H3. The molecule has 0 unspecified atom stereocenters. The Kier molecular flexibility index (Phi) is 3.97. The Morgan fingerprint density at radius 3 is 2.80 bits per heavy atom. The Morgan fingerprint density at radius 2 is 2.04 bits per heavy atom. The van der Waals surface area contributed by atoms with E-state index in [9.17, 15) is 8.42 Å². The van der Waals surface area contributed by atoms with Crippen molar-refractivity contribution in [3.63, 3.8) is 0 Å². The highest BCUT2D eigenvalue weighted by molar-refractivity contribution is 9.10. The molecule has 1 N–H and O–H groups in total. The number of aryl methyl sites for hydroxylation is 1. The van der Waals surface area contributed by atoms with Crippen molar-refractivity contribution in [2.75, 3.05) is 11.5 Å². The molecule has 10 heteroatoms. The van der Waals surface area contributed by atoms with Crippen LogP contribution in [0, 0.1) is 6.92 Å². The molecular weight excluding hydrogens is 432 g/mol. The number of hydrogen-bond donors (Lipinski definition) is 1. The molecule has 0 saturated carbocycles. The van der Waals surface area contributed by atoms with E-state index in [1.165, 1.54) is 0 Å². The number of hydrogen-bond acceptors (Lipinski definition) is 7. The third-order valence-electron chi connectivity index (χ3n) is 3.58. The Hall–Kier alpha value is -2.04. The predicted molar refractivity (Wildman–Crippen MR) is 95.6 cm³/mol. The van der Waals surface area contributed by atoms with Gasteiger partial charge in [-0.3, -0.25) is 0 Å². The van der Waals surface area contributed by atoms with Gasteiger partial charge in [-0.15, -0.1) is 11.3 Å². The molecule has 0 amide bonds. The number of ether oxygens (including phenoxy) is 2. The quantitative estimate of drug-likeness (QED) is 0.656. The fourth-order valence-electron chi connectivity index (χ4n) is 2.37. The highest BCUT2D eigenvalue weighted by Gasteiger charge is 2.25. The van der Waals surface area contributed by atoms with Gasteiger partial charge in [-0.25, -0.2) is 13.1 Å². The van der Waals surface area contributed by atoms with Gasteiger partial charge >= 0.3 is 0 Å². The Balaban J connectivity index is 1.72. The van der Waals surface area contributed by atoms with Crippen LogP contribution in [-0.2, 0) is 10.0 Å². The number of fused-ring (bicyclic) bond motifs is 1. The molecule has 1 aliphatic heterocycles. The number of thiophene rings is 1. The summed E-state index contributed by atoms with van der Waals surface area (Å²) in [6.45, 7) is 1.86. The molecule has 3 heterocycles. The Bertz CT molecular complexity index is 1060. The summed E-state index contributed by atoms with van der Waals surface area (Å²) >= 11 is 4.37. The fourth-order valence-corrected chi connectivity index (χ4v) is 5.14. The first-order chi connectivity index (χ1) is 12.0. The lowest BCUT2D eigenvalue weighted by Gasteiger charge is -2.07. The SMILES string of the molecule is Cc1noc(NS(=O)(=O)c2sccc2-c2ccc3c(c2)OCO3)c1Br. The Labute approximate surface area is 155 Å². The second-order valence-corrected chi connectivity index (χ2v) is 8.79. The molecule has 0 bridgehead atoms. The summed E-state index contributed by atoms with van der Waals surface area (Å²) in [5.74, 6) is 1.28. The molecule has 0 radical (unpaired) electrons. The summed E-state index contributed by atoms with van der Waals surface area (Å²) in [7, 11) is -3.84. The van der Waals surface area contributed by atoms with Crippen molar-refractivity contribution in [1.29, 1.82) is 0 Å². The van der Waals surface area contributed by atoms with Crippen LogP contribution < -0.4 is 14.2 Å². The molecule has 1 aliphatic rings. The van der Waals surface area contributed by atoms with Gasteiger partial charge in [-0.05, 0) is 52.0 Å². The molecule has 4 rings (SSSR count). The molecule has 0 atom stereocenters. The molecule has 0 saturated heterocycles. The second kappa shape index (κ2) is 6.04. The third kappa shape index (κ3) is 2.90. The number of nitrogens with one attached hydrogen (secondary N) is 1. The number of nitrogens with zero attached hydrogens (tertiary/aromatic N) is 1. The largest absolute Gasteiger partial charge is 0.454 e. The molecule has 0 fully saturated rings. The first kappa shape index (κ1) is 16.4. The summed E-state index contributed by atoms with van der Waals surface area (Å²) < 4.78 is 44.3. The van der Waals surface area contributed by atoms with E-state index in [2.05, 4.69) is 25.8 Å². The first-order valence-electron chi connectivity index (χ1n) is 7.08. The maximum absolute atomic E-state index is 12.8. The van der Waals surface area contributed by atoms with Crippen LogP contribution in [0.1, 0.15) is 5.69 Å². The van der Waals surface area contributed by atoms with Crippen molar-refractivity contribution in [3.8, 4) is 22.6 Å². The number of halogens is 1. The van der Waals surface area contributed by atoms with Crippen LogP contribution in [0.2, 0.25) is 0 Å². The normalized spacial score (nSPS) is 13.2. The number of aromatic nitrogens is 1. The highest BCUT2D eigenvalue weighted by atomic mass is 79.9. The van der Waals surface area contributed by atoms with E-state index in [0.717, 1.165) is 16.9 Å². The van der Waals surface area contributed by atoms with Crippen molar-refractivity contribution in [1.82, 2.24) is 5.16 Å². The highest BCUT2D eigenvalue weighted by Crippen LogP contribution is 2.40. The number of rotatable bonds is 4. The molecule has 3 aromatic rings. The van der Waals surface area contributed by atoms with E-state index in [-0.39, 0.29) is 16.9 Å². The molecule has 0 spiro atoms. The van der Waals surface area contributed by atoms with Gasteiger partial charge in [0.25, 0.3) is 15.9 Å². The number of anilines is 1. The average Bonchev–Trinajstić information content (AvgIpc) is 3.30. The van der Waals surface area contributed by atoms with Crippen molar-refractivity contribution in [2.24, 2.45) is 0 Å². The zero-order chi connectivity index (χ0) is 17.6. The van der Waals surface area contributed by atoms with Gasteiger partial charge in [0.05, 0.1) is 5.69 Å². The zero-order valence-electron chi connectivity index (χ0n) is 12.8. The van der Waals surface area contributed by atoms with Crippen molar-refractivity contribution in [3.05, 3.63) is 39.8 Å². The van der Waals surface area contributed by atoms with E-state index in [4.69, 9.17) is 14.0 Å². The second-order valence-electron chi connectivity index (χ2n) is 5.21. The first-order valence-corrected chi connectivity index (χ1v) is 10.2. The summed E-state index contributed by atoms with van der Waals surface area (Å²) in [5, 5.41) is 5.44. The molecule has 0 aliphatic carbocycles. The summed E-state index contributed by atoms with van der Waals surface area (Å²) in [5.41, 5.74) is 1.85. The lowest BCUT2D eigenvalue weighted by atomic mass is 10.1. The molecule has 25 heavy (non-hydrogen) atoms. The van der Waals surface area contributed by atoms with Gasteiger partial charge in [-0.2, -0.15) is 0 Å². The average molecular weight is 443 g/mol. The molecule has 2 aromatic heterocycles. The predicted octanol–water partition coefficient (Wildman–Crippen LogP) is 4.00. The third-order valence-corrected chi connectivity index (χ3v) is 7.32. The Morgan fingerprint density at radius 1 is 1.24 bits per heavy atom. The minimum Gasteiger partial charge on any atom is -0.454 e. The fraction of sp³-hybridized carbons (Fsp3) is 0.133. The van der Waals surface area contributed by atoms with Gasteiger partial charge in [0.15, 0.2) is 11.5 Å². The van der Waals surface area contributed by atoms with Crippen LogP contribution in [0.4, 0.5) is 5.88 Å². The van der Waals surface area contributed by atoms with E-state index < -0.39 is 10.0 Å². The van der Waals surface area contributed by atoms with Crippen LogP contribution in [-0.4, -0.2) is 20.4 Å². The van der Waals surface area contributed by atoms with E-state index >= 15 is 0 Å². The number of benzene rings is 1. The number of sulfonamides is 1. The van der Waals surface area contributed by atoms with Gasteiger partial charge in [0.2, 0.25) is 6.79 Å². The minimum absolute atomic E-state index is 0.0440. The molecular formula is C15H11BrN2O5S2. The van der Waals surface area contributed by atoms with Crippen LogP contribution in [0.15, 0.2) is 42.9 Å². The van der Waals surface area contributed by atoms with E-state index in [0.29, 0.717) is 27.2 Å². The van der Waals surface area contributed by atoms with E-state index in [1.807, 2.05) is 0 Å². The summed E-state index contributed by atoms with van der Waals surface area (Å²) in [4.78, 5) is 0. The van der Waals surface area contributed by atoms with Gasteiger partial charge in [0, 0.05) is 5.56 Å². The van der Waals surface area contributed by atoms with Crippen molar-refractivity contribution >= 4 is 43.2 Å². The zero-order valence-corrected chi connectivity index (χ0v) is 16.0. The minimum atomic E-state index is -3.84. The van der Waals surface area contributed by atoms with Crippen LogP contribution in [0.3, 0.4) is 0 Å². The van der Waals surface area contributed by atoms with E-state index in [1.54, 1.807) is 36.6 Å². The van der Waals surface area contributed by atoms with Crippen LogP contribution in [0.25, 0.3) is 11.1 Å². The lowest BCUT2D eigenvalue weighted by Crippen LogP contribution is -2.12. The van der Waals surface area contributed by atoms with Crippen LogP contribution >= 0.6 is 27.3 Å². The summed E-state index contributed by atoms with van der Waals surface area (Å²) in [6, 6.07) is 7.06. The maximum atomic E-state index is 12.8. The van der Waals surface area contributed by atoms with Crippen molar-refractivity contribution in [2.45, 2.75) is 11.1 Å². The molecule has 130 valence electrons. The summed E-state index contributed by atoms with van der Waals surface area (Å²) in [6.07, 6.45) is 0. The molecule has 1 aromatic carbocycles.